The Balaban J connectivity index is 1.51. The number of ketones is 1. The summed E-state index contributed by atoms with van der Waals surface area (Å²) in [4.78, 5) is 48.6. The van der Waals surface area contributed by atoms with Crippen LogP contribution in [0.15, 0.2) is 67.1 Å². The molecule has 9 heteroatoms. The van der Waals surface area contributed by atoms with Gasteiger partial charge in [0.25, 0.3) is 0 Å². The number of imidazole rings is 1. The highest BCUT2D eigenvalue weighted by Gasteiger charge is 2.22. The minimum absolute atomic E-state index is 0.251. The molecule has 186 valence electrons. The van der Waals surface area contributed by atoms with Crippen LogP contribution in [0.5, 0.6) is 0 Å². The number of rotatable bonds is 5. The Labute approximate surface area is 212 Å². The molecule has 5 aromatic rings. The fraction of sp³-hybridized carbons (Fsp3) is 0.179. The van der Waals surface area contributed by atoms with Crippen molar-refractivity contribution in [3.8, 4) is 0 Å². The van der Waals surface area contributed by atoms with E-state index in [9.17, 15) is 14.4 Å². The van der Waals surface area contributed by atoms with Gasteiger partial charge >= 0.3 is 12.0 Å². The molecule has 3 heterocycles. The Morgan fingerprint density at radius 3 is 2.41 bits per heavy atom. The molecule has 37 heavy (non-hydrogen) atoms. The van der Waals surface area contributed by atoms with Gasteiger partial charge in [-0.3, -0.25) is 14.3 Å². The zero-order valence-electron chi connectivity index (χ0n) is 20.9. The van der Waals surface area contributed by atoms with Crippen molar-refractivity contribution in [1.82, 2.24) is 24.0 Å². The summed E-state index contributed by atoms with van der Waals surface area (Å²) in [5.74, 6) is 0.108. The monoisotopic (exact) mass is 495 g/mol. The molecule has 0 aliphatic heterocycles. The van der Waals surface area contributed by atoms with E-state index in [1.54, 1.807) is 56.8 Å². The predicted octanol–water partition coefficient (Wildman–Crippen LogP) is 4.29. The van der Waals surface area contributed by atoms with Crippen LogP contribution in [0.1, 0.15) is 37.7 Å². The van der Waals surface area contributed by atoms with Crippen molar-refractivity contribution in [2.75, 3.05) is 21.2 Å². The summed E-state index contributed by atoms with van der Waals surface area (Å²) in [7, 11) is 4.57. The van der Waals surface area contributed by atoms with Crippen molar-refractivity contribution in [2.45, 2.75) is 13.5 Å². The lowest BCUT2D eigenvalue weighted by Crippen LogP contribution is -2.26. The molecule has 0 saturated heterocycles. The number of fused-ring (bicyclic) bond motifs is 2. The van der Waals surface area contributed by atoms with Crippen molar-refractivity contribution in [3.05, 3.63) is 95.2 Å². The van der Waals surface area contributed by atoms with Crippen LogP contribution in [0.3, 0.4) is 0 Å². The number of carbonyl (C=O) groups excluding carboxylic acids is 3. The zero-order chi connectivity index (χ0) is 26.3. The Bertz CT molecular complexity index is 1680. The fourth-order valence-electron chi connectivity index (χ4n) is 4.43. The first-order chi connectivity index (χ1) is 17.8. The Hall–Kier alpha value is -4.79. The number of aromatic nitrogens is 4. The van der Waals surface area contributed by atoms with E-state index in [1.165, 1.54) is 22.8 Å². The van der Waals surface area contributed by atoms with Gasteiger partial charge in [0.2, 0.25) is 0 Å². The van der Waals surface area contributed by atoms with Crippen LogP contribution in [0.4, 0.5) is 4.79 Å². The van der Waals surface area contributed by atoms with E-state index in [0.717, 1.165) is 22.4 Å². The van der Waals surface area contributed by atoms with E-state index < -0.39 is 5.97 Å². The van der Waals surface area contributed by atoms with Crippen LogP contribution in [-0.4, -0.2) is 63.0 Å². The van der Waals surface area contributed by atoms with Gasteiger partial charge in [-0.1, -0.05) is 24.3 Å². The Kier molecular flexibility index (Phi) is 6.04. The molecule has 0 aliphatic rings. The van der Waals surface area contributed by atoms with Crippen LogP contribution in [0.25, 0.3) is 21.9 Å². The fourth-order valence-corrected chi connectivity index (χ4v) is 4.43. The minimum atomic E-state index is -0.519. The summed E-state index contributed by atoms with van der Waals surface area (Å²) < 4.78 is 8.35. The number of hydrogen-bond donors (Lipinski definition) is 0. The number of aryl methyl sites for hydroxylation is 1. The summed E-state index contributed by atoms with van der Waals surface area (Å²) in [6, 6.07) is 13.8. The highest BCUT2D eigenvalue weighted by atomic mass is 16.5. The average molecular weight is 496 g/mol. The first-order valence-electron chi connectivity index (χ1n) is 11.6. The van der Waals surface area contributed by atoms with Gasteiger partial charge in [0.15, 0.2) is 5.78 Å². The minimum Gasteiger partial charge on any atom is -0.465 e. The van der Waals surface area contributed by atoms with Crippen molar-refractivity contribution in [2.24, 2.45) is 0 Å². The van der Waals surface area contributed by atoms with Crippen molar-refractivity contribution >= 4 is 39.7 Å². The van der Waals surface area contributed by atoms with Gasteiger partial charge in [0.05, 0.1) is 29.9 Å². The number of carbonyl (C=O) groups is 3. The number of ether oxygens (including phenoxy) is 1. The molecule has 0 bridgehead atoms. The molecule has 1 amide bonds. The third-order valence-corrected chi connectivity index (χ3v) is 6.36. The Morgan fingerprint density at radius 1 is 0.973 bits per heavy atom. The molecular weight excluding hydrogens is 470 g/mol. The maximum Gasteiger partial charge on any atom is 0.337 e. The van der Waals surface area contributed by atoms with Gasteiger partial charge in [0, 0.05) is 49.5 Å². The second-order valence-corrected chi connectivity index (χ2v) is 8.95. The van der Waals surface area contributed by atoms with Gasteiger partial charge in [-0.25, -0.2) is 14.6 Å². The summed E-state index contributed by atoms with van der Waals surface area (Å²) in [6.45, 7) is 2.55. The van der Waals surface area contributed by atoms with Crippen molar-refractivity contribution in [3.63, 3.8) is 0 Å². The molecule has 2 aromatic carbocycles. The smallest absolute Gasteiger partial charge is 0.337 e. The molecule has 0 fully saturated rings. The maximum atomic E-state index is 13.6. The summed E-state index contributed by atoms with van der Waals surface area (Å²) in [5, 5.41) is 0.501. The van der Waals surface area contributed by atoms with Crippen LogP contribution in [0.2, 0.25) is 0 Å². The van der Waals surface area contributed by atoms with Gasteiger partial charge in [0.1, 0.15) is 11.3 Å². The second-order valence-electron chi connectivity index (χ2n) is 8.95. The van der Waals surface area contributed by atoms with E-state index in [1.807, 2.05) is 25.1 Å². The molecule has 0 spiro atoms. The first kappa shape index (κ1) is 23.9. The number of hydrogen-bond acceptors (Lipinski definition) is 6. The van der Waals surface area contributed by atoms with E-state index in [0.29, 0.717) is 34.1 Å². The Morgan fingerprint density at radius 2 is 1.70 bits per heavy atom. The van der Waals surface area contributed by atoms with Gasteiger partial charge < -0.3 is 14.2 Å². The topological polar surface area (TPSA) is 99.3 Å². The quantitative estimate of drug-likeness (QED) is 0.266. The van der Waals surface area contributed by atoms with E-state index in [-0.39, 0.29) is 11.8 Å². The third kappa shape index (κ3) is 4.24. The van der Waals surface area contributed by atoms with Gasteiger partial charge in [-0.15, -0.1) is 0 Å². The summed E-state index contributed by atoms with van der Waals surface area (Å²) >= 11 is 0. The normalized spacial score (nSPS) is 11.1. The summed E-state index contributed by atoms with van der Waals surface area (Å²) in [5.41, 5.74) is 4.46. The number of nitrogens with zero attached hydrogens (tertiary/aromatic N) is 5. The molecule has 5 rings (SSSR count). The number of esters is 1. The van der Waals surface area contributed by atoms with Gasteiger partial charge in [-0.2, -0.15) is 0 Å². The molecule has 0 unspecified atom stereocenters. The molecule has 0 N–H and O–H groups in total. The van der Waals surface area contributed by atoms with Crippen LogP contribution in [-0.2, 0) is 11.3 Å². The lowest BCUT2D eigenvalue weighted by atomic mass is 10.0. The van der Waals surface area contributed by atoms with Crippen molar-refractivity contribution in [1.29, 1.82) is 0 Å². The van der Waals surface area contributed by atoms with Crippen LogP contribution >= 0.6 is 0 Å². The first-order valence-corrected chi connectivity index (χ1v) is 11.6. The number of amides is 1. The lowest BCUT2D eigenvalue weighted by Gasteiger charge is -2.11. The molecule has 3 aromatic heterocycles. The van der Waals surface area contributed by atoms with E-state index in [2.05, 4.69) is 14.5 Å². The van der Waals surface area contributed by atoms with Crippen LogP contribution < -0.4 is 0 Å². The number of benzene rings is 2. The van der Waals surface area contributed by atoms with Crippen molar-refractivity contribution < 1.29 is 19.1 Å². The number of pyridine rings is 1. The highest BCUT2D eigenvalue weighted by Crippen LogP contribution is 2.27. The van der Waals surface area contributed by atoms with Gasteiger partial charge in [-0.05, 0) is 36.8 Å². The molecule has 9 nitrogen and oxygen atoms in total. The SMILES string of the molecule is COC(=O)c1ccc2c(c1)c(C(=O)c1ccc(Cn3c(C)nc4cnccc43)cc1)cn2C(=O)N(C)C. The van der Waals surface area contributed by atoms with Crippen LogP contribution in [0, 0.1) is 6.92 Å². The molecule has 0 aliphatic carbocycles. The largest absolute Gasteiger partial charge is 0.465 e. The third-order valence-electron chi connectivity index (χ3n) is 6.36. The standard InChI is InChI=1S/C28H25N5O4/c1-17-30-23-14-29-12-11-25(23)32(17)15-18-5-7-19(8-6-18)26(34)22-16-33(28(36)31(2)3)24-10-9-20(13-21(22)24)27(35)37-4/h5-14,16H,15H2,1-4H3. The maximum absolute atomic E-state index is 13.6. The molecule has 0 saturated carbocycles. The molecule has 0 radical (unpaired) electrons. The van der Waals surface area contributed by atoms with E-state index >= 15 is 0 Å². The highest BCUT2D eigenvalue weighted by molar-refractivity contribution is 6.18. The summed E-state index contributed by atoms with van der Waals surface area (Å²) in [6.07, 6.45) is 5.01. The van der Waals surface area contributed by atoms with E-state index in [4.69, 9.17) is 4.74 Å². The number of methoxy groups -OCH3 is 1. The second kappa shape index (κ2) is 9.34. The lowest BCUT2D eigenvalue weighted by molar-refractivity contribution is 0.0600. The molecule has 0 atom stereocenters. The zero-order valence-corrected chi connectivity index (χ0v) is 20.9. The molecular formula is C28H25N5O4. The predicted molar refractivity (Wildman–Crippen MR) is 139 cm³/mol. The average Bonchev–Trinajstić information content (AvgIpc) is 3.44.